The molecule has 0 fully saturated rings. The van der Waals surface area contributed by atoms with Gasteiger partial charge in [0, 0.05) is 24.5 Å². The summed E-state index contributed by atoms with van der Waals surface area (Å²) in [6, 6.07) is 21.7. The van der Waals surface area contributed by atoms with Crippen LogP contribution in [0.3, 0.4) is 0 Å². The largest absolute Gasteiger partial charge is 0.368 e. The lowest BCUT2D eigenvalue weighted by Crippen LogP contribution is -2.23. The minimum atomic E-state index is -0.282. The second-order valence-corrected chi connectivity index (χ2v) is 8.13. The van der Waals surface area contributed by atoms with Gasteiger partial charge in [0.2, 0.25) is 6.41 Å². The van der Waals surface area contributed by atoms with Crippen LogP contribution in [0.25, 0.3) is 11.3 Å². The average molecular weight is 466 g/mol. The molecule has 35 heavy (non-hydrogen) atoms. The number of nitrogens with one attached hydrogen (secondary N) is 1. The summed E-state index contributed by atoms with van der Waals surface area (Å²) < 4.78 is 13.6. The van der Waals surface area contributed by atoms with E-state index in [-0.39, 0.29) is 5.82 Å². The molecule has 0 radical (unpaired) electrons. The van der Waals surface area contributed by atoms with Crippen LogP contribution in [0.1, 0.15) is 22.3 Å². The summed E-state index contributed by atoms with van der Waals surface area (Å²) in [6.45, 7) is 2.73. The van der Waals surface area contributed by atoms with Gasteiger partial charge in [0.15, 0.2) is 5.82 Å². The first-order chi connectivity index (χ1) is 17.1. The van der Waals surface area contributed by atoms with Crippen LogP contribution in [0.15, 0.2) is 79.1 Å². The smallest absolute Gasteiger partial charge is 0.214 e. The molecule has 0 spiro atoms. The normalized spacial score (nSPS) is 10.4. The Hall–Kier alpha value is -4.57. The van der Waals surface area contributed by atoms with E-state index in [4.69, 9.17) is 4.98 Å². The number of carbonyl (C=O) groups is 1. The molecule has 0 saturated heterocycles. The third-order valence-corrected chi connectivity index (χ3v) is 5.55. The van der Waals surface area contributed by atoms with Gasteiger partial charge in [-0.25, -0.2) is 9.37 Å². The monoisotopic (exact) mass is 465 g/mol. The molecule has 4 aromatic rings. The Kier molecular flexibility index (Phi) is 7.44. The average Bonchev–Trinajstić information content (AvgIpc) is 2.88. The zero-order valence-corrected chi connectivity index (χ0v) is 19.3. The lowest BCUT2D eigenvalue weighted by molar-refractivity contribution is -0.107. The van der Waals surface area contributed by atoms with Crippen LogP contribution >= 0.6 is 0 Å². The van der Waals surface area contributed by atoms with Crippen LogP contribution in [0.5, 0.6) is 0 Å². The highest BCUT2D eigenvalue weighted by Crippen LogP contribution is 2.30. The number of aryl methyl sites for hydroxylation is 1. The van der Waals surface area contributed by atoms with Crippen LogP contribution in [0.4, 0.5) is 15.9 Å². The number of aromatic nitrogens is 2. The number of hydrogen-bond donors (Lipinski definition) is 1. The zero-order valence-electron chi connectivity index (χ0n) is 19.3. The quantitative estimate of drug-likeness (QED) is 0.340. The van der Waals surface area contributed by atoms with E-state index in [0.717, 1.165) is 23.1 Å². The maximum Gasteiger partial charge on any atom is 0.214 e. The maximum atomic E-state index is 13.6. The fourth-order valence-corrected chi connectivity index (χ4v) is 3.82. The first-order valence-electron chi connectivity index (χ1n) is 11.2. The number of carbonyl (C=O) groups excluding carboxylic acids is 1. The minimum Gasteiger partial charge on any atom is -0.368 e. The highest BCUT2D eigenvalue weighted by molar-refractivity contribution is 5.83. The number of halogens is 1. The molecule has 0 atom stereocenters. The lowest BCUT2D eigenvalue weighted by Gasteiger charge is -2.22. The summed E-state index contributed by atoms with van der Waals surface area (Å²) in [7, 11) is 0. The van der Waals surface area contributed by atoms with E-state index in [9.17, 15) is 14.4 Å². The fourth-order valence-electron chi connectivity index (χ4n) is 3.82. The van der Waals surface area contributed by atoms with Crippen molar-refractivity contribution in [1.82, 2.24) is 9.97 Å². The molecule has 1 N–H and O–H groups in total. The van der Waals surface area contributed by atoms with Crippen molar-refractivity contribution in [2.75, 3.05) is 16.8 Å². The predicted molar refractivity (Wildman–Crippen MR) is 134 cm³/mol. The van der Waals surface area contributed by atoms with Crippen molar-refractivity contribution in [3.8, 4) is 17.3 Å². The van der Waals surface area contributed by atoms with Gasteiger partial charge in [0.05, 0.1) is 29.6 Å². The molecule has 7 heteroatoms. The summed E-state index contributed by atoms with van der Waals surface area (Å²) in [5.74, 6) is 0.217. The van der Waals surface area contributed by atoms with E-state index >= 15 is 0 Å². The van der Waals surface area contributed by atoms with Crippen LogP contribution in [-0.2, 0) is 17.8 Å². The number of anilines is 2. The van der Waals surface area contributed by atoms with E-state index in [1.807, 2.05) is 49.4 Å². The summed E-state index contributed by atoms with van der Waals surface area (Å²) in [6.07, 6.45) is 4.72. The van der Waals surface area contributed by atoms with Gasteiger partial charge in [-0.15, -0.1) is 0 Å². The Labute approximate surface area is 203 Å². The van der Waals surface area contributed by atoms with Crippen molar-refractivity contribution < 1.29 is 9.18 Å². The third-order valence-electron chi connectivity index (χ3n) is 5.55. The van der Waals surface area contributed by atoms with E-state index < -0.39 is 0 Å². The Bertz CT molecular complexity index is 1370. The summed E-state index contributed by atoms with van der Waals surface area (Å²) in [5.41, 5.74) is 5.16. The van der Waals surface area contributed by atoms with Gasteiger partial charge < -0.3 is 10.2 Å². The first-order valence-corrected chi connectivity index (χ1v) is 11.2. The number of benzene rings is 2. The van der Waals surface area contributed by atoms with Crippen LogP contribution in [-0.4, -0.2) is 22.9 Å². The van der Waals surface area contributed by atoms with Gasteiger partial charge >= 0.3 is 0 Å². The molecule has 174 valence electrons. The Morgan fingerprint density at radius 1 is 1.09 bits per heavy atom. The molecule has 2 aromatic carbocycles. The first kappa shape index (κ1) is 23.6. The number of hydrogen-bond acceptors (Lipinski definition) is 5. The molecular weight excluding hydrogens is 441 g/mol. The lowest BCUT2D eigenvalue weighted by atomic mass is 10.0. The topological polar surface area (TPSA) is 81.9 Å². The van der Waals surface area contributed by atoms with Gasteiger partial charge in [-0.3, -0.25) is 9.78 Å². The van der Waals surface area contributed by atoms with E-state index in [0.29, 0.717) is 47.8 Å². The summed E-state index contributed by atoms with van der Waals surface area (Å²) in [5, 5.41) is 12.9. The van der Waals surface area contributed by atoms with Gasteiger partial charge in [-0.2, -0.15) is 5.26 Å². The molecule has 0 saturated carbocycles. The van der Waals surface area contributed by atoms with Crippen molar-refractivity contribution in [3.63, 3.8) is 0 Å². The molecule has 0 aliphatic carbocycles. The van der Waals surface area contributed by atoms with Gasteiger partial charge in [-0.1, -0.05) is 30.3 Å². The molecular formula is C28H24FN5O. The predicted octanol–water partition coefficient (Wildman–Crippen LogP) is 5.28. The SMILES string of the molecule is Cc1ccc(-c2ccc(N(C=O)Cc3cccnc3)c(NCCc3cccc(F)c3)n2)c(C#N)c1. The molecule has 4 rings (SSSR count). The fraction of sp³-hybridized carbons (Fsp3) is 0.143. The highest BCUT2D eigenvalue weighted by Gasteiger charge is 2.16. The number of rotatable bonds is 9. The second-order valence-electron chi connectivity index (χ2n) is 8.13. The third kappa shape index (κ3) is 5.87. The molecule has 6 nitrogen and oxygen atoms in total. The van der Waals surface area contributed by atoms with Crippen molar-refractivity contribution in [3.05, 3.63) is 107 Å². The van der Waals surface area contributed by atoms with Crippen molar-refractivity contribution in [1.29, 1.82) is 5.26 Å². The molecule has 0 aliphatic heterocycles. The van der Waals surface area contributed by atoms with Crippen LogP contribution < -0.4 is 10.2 Å². The number of nitriles is 1. The van der Waals surface area contributed by atoms with E-state index in [1.54, 1.807) is 29.4 Å². The van der Waals surface area contributed by atoms with Crippen molar-refractivity contribution >= 4 is 17.9 Å². The number of pyridine rings is 2. The van der Waals surface area contributed by atoms with Gasteiger partial charge in [-0.05, 0) is 66.4 Å². The molecule has 0 bridgehead atoms. The molecule has 2 heterocycles. The Balaban J connectivity index is 1.67. The van der Waals surface area contributed by atoms with Crippen LogP contribution in [0, 0.1) is 24.1 Å². The van der Waals surface area contributed by atoms with Crippen molar-refractivity contribution in [2.24, 2.45) is 0 Å². The van der Waals surface area contributed by atoms with E-state index in [1.165, 1.54) is 12.1 Å². The standard InChI is InChI=1S/C28H24FN5O/c1-20-7-8-25(23(14-20)16-30)26-9-10-27(34(19-35)18-22-5-3-12-31-17-22)28(33-26)32-13-11-21-4-2-6-24(29)15-21/h2-10,12,14-15,17,19H,11,13,18H2,1H3,(H,32,33). The Morgan fingerprint density at radius 2 is 1.94 bits per heavy atom. The summed E-state index contributed by atoms with van der Waals surface area (Å²) >= 11 is 0. The molecule has 0 unspecified atom stereocenters. The molecule has 1 amide bonds. The summed E-state index contributed by atoms with van der Waals surface area (Å²) in [4.78, 5) is 22.5. The number of nitrogens with zero attached hydrogens (tertiary/aromatic N) is 4. The van der Waals surface area contributed by atoms with Gasteiger partial charge in [0.1, 0.15) is 5.82 Å². The number of amides is 1. The van der Waals surface area contributed by atoms with Gasteiger partial charge in [0.25, 0.3) is 0 Å². The maximum absolute atomic E-state index is 13.6. The second kappa shape index (κ2) is 11.0. The zero-order chi connectivity index (χ0) is 24.6. The highest BCUT2D eigenvalue weighted by atomic mass is 19.1. The van der Waals surface area contributed by atoms with E-state index in [2.05, 4.69) is 16.4 Å². The van der Waals surface area contributed by atoms with Crippen LogP contribution in [0.2, 0.25) is 0 Å². The molecule has 0 aliphatic rings. The Morgan fingerprint density at radius 3 is 2.69 bits per heavy atom. The molecule has 2 aromatic heterocycles. The van der Waals surface area contributed by atoms with Crippen molar-refractivity contribution in [2.45, 2.75) is 19.9 Å². The minimum absolute atomic E-state index is 0.282.